The molecule has 2 aliphatic heterocycles. The third-order valence-corrected chi connectivity index (χ3v) is 10.0. The van der Waals surface area contributed by atoms with Crippen molar-refractivity contribution in [1.29, 1.82) is 0 Å². The Kier molecular flexibility index (Phi) is 11.4. The zero-order valence-corrected chi connectivity index (χ0v) is 22.2. The fourth-order valence-corrected chi connectivity index (χ4v) is 8.45. The van der Waals surface area contributed by atoms with Crippen molar-refractivity contribution in [2.24, 2.45) is 0 Å². The summed E-state index contributed by atoms with van der Waals surface area (Å²) in [5, 5.41) is 4.66. The number of hydrogen-bond acceptors (Lipinski definition) is 3. The molecule has 0 nitrogen and oxygen atoms in total. The highest BCUT2D eigenvalue weighted by molar-refractivity contribution is 8.08. The lowest BCUT2D eigenvalue weighted by atomic mass is 9.79. The van der Waals surface area contributed by atoms with E-state index in [1.807, 2.05) is 23.1 Å². The van der Waals surface area contributed by atoms with Crippen molar-refractivity contribution in [3.05, 3.63) is 55.3 Å². The smallest absolute Gasteiger partial charge is 0.0558 e. The summed E-state index contributed by atoms with van der Waals surface area (Å²) in [4.78, 5) is 4.82. The summed E-state index contributed by atoms with van der Waals surface area (Å²) in [5.74, 6) is 1.17. The van der Waals surface area contributed by atoms with Crippen LogP contribution in [0.25, 0.3) is 0 Å². The van der Waals surface area contributed by atoms with Gasteiger partial charge >= 0.3 is 0 Å². The average Bonchev–Trinajstić information content (AvgIpc) is 3.53. The minimum atomic E-state index is 0.135. The highest BCUT2D eigenvalue weighted by Gasteiger charge is 2.40. The van der Waals surface area contributed by atoms with Crippen molar-refractivity contribution in [2.45, 2.75) is 109 Å². The van der Waals surface area contributed by atoms with Gasteiger partial charge in [-0.05, 0) is 41.7 Å². The third-order valence-electron chi connectivity index (χ3n) is 6.68. The molecule has 172 valence electrons. The summed E-state index contributed by atoms with van der Waals surface area (Å²) in [7, 11) is 0. The molecule has 3 rings (SSSR count). The summed E-state index contributed by atoms with van der Waals surface area (Å²) in [6.07, 6.45) is 24.2. The Balaban J connectivity index is 1.68. The molecule has 0 amide bonds. The molecule has 0 radical (unpaired) electrons. The average molecular weight is 475 g/mol. The van der Waals surface area contributed by atoms with Crippen LogP contribution in [-0.4, -0.2) is 5.75 Å². The van der Waals surface area contributed by atoms with Gasteiger partial charge in [0.2, 0.25) is 0 Å². The van der Waals surface area contributed by atoms with Crippen molar-refractivity contribution in [3.8, 4) is 0 Å². The van der Waals surface area contributed by atoms with Crippen molar-refractivity contribution in [1.82, 2.24) is 0 Å². The highest BCUT2D eigenvalue weighted by atomic mass is 32.2. The third kappa shape index (κ3) is 7.05. The monoisotopic (exact) mass is 474 g/mol. The van der Waals surface area contributed by atoms with E-state index in [9.17, 15) is 0 Å². The molecular weight excluding hydrogens is 433 g/mol. The van der Waals surface area contributed by atoms with Crippen LogP contribution in [0.5, 0.6) is 0 Å². The molecule has 2 aliphatic rings. The predicted octanol–water partition coefficient (Wildman–Crippen LogP) is 10.6. The molecule has 1 unspecified atom stereocenters. The number of thiophene rings is 1. The lowest BCUT2D eigenvalue weighted by Gasteiger charge is -2.30. The second-order valence-corrected chi connectivity index (χ2v) is 12.0. The molecule has 0 saturated heterocycles. The summed E-state index contributed by atoms with van der Waals surface area (Å²) >= 11 is 6.07. The van der Waals surface area contributed by atoms with Gasteiger partial charge in [-0.3, -0.25) is 0 Å². The van der Waals surface area contributed by atoms with E-state index in [4.69, 9.17) is 0 Å². The van der Waals surface area contributed by atoms with Gasteiger partial charge in [0.15, 0.2) is 0 Å². The van der Waals surface area contributed by atoms with Crippen molar-refractivity contribution in [2.75, 3.05) is 5.75 Å². The first-order valence-corrected chi connectivity index (χ1v) is 15.5. The molecule has 1 aromatic heterocycles. The maximum atomic E-state index is 2.54. The fraction of sp³-hybridized carbons (Fsp3) is 0.643. The van der Waals surface area contributed by atoms with Crippen molar-refractivity contribution >= 4 is 34.9 Å². The summed E-state index contributed by atoms with van der Waals surface area (Å²) in [5.41, 5.74) is 1.78. The van der Waals surface area contributed by atoms with E-state index in [1.54, 1.807) is 20.3 Å². The number of rotatable bonds is 15. The van der Waals surface area contributed by atoms with Crippen LogP contribution in [0.1, 0.15) is 109 Å². The standard InChI is InChI=1S/C28H42S3/c1-3-5-7-9-11-13-16-24-18-22-30-26(24)27-28(20-23-31-27,25-17-15-21-29-25)19-14-12-10-8-6-4-2/h15,17-18,20-21,23H,3-14,16,19,22H2,1-2H3. The molecule has 0 fully saturated rings. The van der Waals surface area contributed by atoms with Crippen molar-refractivity contribution < 1.29 is 0 Å². The van der Waals surface area contributed by atoms with Gasteiger partial charge in [-0.1, -0.05) is 103 Å². The maximum absolute atomic E-state index is 2.54. The molecule has 3 heterocycles. The maximum Gasteiger partial charge on any atom is 0.0558 e. The second-order valence-electron chi connectivity index (χ2n) is 9.10. The SMILES string of the molecule is CCCCCCCCC1=CCSC1=C1SC=CC1(CCCCCCCC)c1cccs1. The van der Waals surface area contributed by atoms with Crippen LogP contribution >= 0.6 is 34.9 Å². The minimum Gasteiger partial charge on any atom is -0.148 e. The first-order chi connectivity index (χ1) is 15.3. The van der Waals surface area contributed by atoms with E-state index in [1.165, 1.54) is 95.6 Å². The van der Waals surface area contributed by atoms with Crippen LogP contribution in [0.4, 0.5) is 0 Å². The van der Waals surface area contributed by atoms with Crippen LogP contribution in [0.3, 0.4) is 0 Å². The highest BCUT2D eigenvalue weighted by Crippen LogP contribution is 2.56. The molecule has 3 heteroatoms. The molecule has 0 saturated carbocycles. The number of thioether (sulfide) groups is 2. The second kappa shape index (κ2) is 14.0. The minimum absolute atomic E-state index is 0.135. The lowest BCUT2D eigenvalue weighted by molar-refractivity contribution is 0.524. The van der Waals surface area contributed by atoms with Crippen LogP contribution in [0.15, 0.2) is 50.5 Å². The summed E-state index contributed by atoms with van der Waals surface area (Å²) < 4.78 is 0. The molecule has 0 aromatic carbocycles. The van der Waals surface area contributed by atoms with Gasteiger partial charge in [-0.25, -0.2) is 0 Å². The number of allylic oxidation sites excluding steroid dienone is 3. The van der Waals surface area contributed by atoms with Crippen LogP contribution in [0.2, 0.25) is 0 Å². The molecular formula is C28H42S3. The van der Waals surface area contributed by atoms with Gasteiger partial charge in [0.1, 0.15) is 0 Å². The Labute approximate surface area is 204 Å². The van der Waals surface area contributed by atoms with Gasteiger partial charge in [0, 0.05) is 20.4 Å². The zero-order valence-electron chi connectivity index (χ0n) is 19.8. The van der Waals surface area contributed by atoms with E-state index in [0.29, 0.717) is 0 Å². The molecule has 1 aromatic rings. The Morgan fingerprint density at radius 3 is 2.29 bits per heavy atom. The Morgan fingerprint density at radius 2 is 1.58 bits per heavy atom. The van der Waals surface area contributed by atoms with Gasteiger partial charge in [0.25, 0.3) is 0 Å². The zero-order chi connectivity index (χ0) is 21.8. The Morgan fingerprint density at radius 1 is 0.871 bits per heavy atom. The Hall–Kier alpha value is -0.380. The molecule has 0 N–H and O–H groups in total. The molecule has 31 heavy (non-hydrogen) atoms. The number of hydrogen-bond donors (Lipinski definition) is 0. The van der Waals surface area contributed by atoms with E-state index in [2.05, 4.69) is 60.7 Å². The van der Waals surface area contributed by atoms with Gasteiger partial charge in [-0.15, -0.1) is 34.9 Å². The fourth-order valence-electron chi connectivity index (χ4n) is 4.82. The topological polar surface area (TPSA) is 0 Å². The molecule has 0 aliphatic carbocycles. The predicted molar refractivity (Wildman–Crippen MR) is 146 cm³/mol. The first kappa shape index (κ1) is 25.2. The van der Waals surface area contributed by atoms with E-state index in [-0.39, 0.29) is 5.41 Å². The van der Waals surface area contributed by atoms with Crippen LogP contribution in [-0.2, 0) is 5.41 Å². The molecule has 0 spiro atoms. The molecule has 0 bridgehead atoms. The van der Waals surface area contributed by atoms with Gasteiger partial charge < -0.3 is 0 Å². The summed E-state index contributed by atoms with van der Waals surface area (Å²) in [6, 6.07) is 4.63. The van der Waals surface area contributed by atoms with Crippen LogP contribution in [0, 0.1) is 0 Å². The lowest BCUT2D eigenvalue weighted by Crippen LogP contribution is -2.22. The molecule has 1 atom stereocenters. The van der Waals surface area contributed by atoms with Gasteiger partial charge in [0.05, 0.1) is 5.41 Å². The number of unbranched alkanes of at least 4 members (excludes halogenated alkanes) is 10. The van der Waals surface area contributed by atoms with Gasteiger partial charge in [-0.2, -0.15) is 0 Å². The quantitative estimate of drug-likeness (QED) is 0.232. The van der Waals surface area contributed by atoms with Crippen molar-refractivity contribution in [3.63, 3.8) is 0 Å². The van der Waals surface area contributed by atoms with E-state index in [0.717, 1.165) is 0 Å². The largest absolute Gasteiger partial charge is 0.148 e. The normalized spacial score (nSPS) is 23.1. The Bertz CT molecular complexity index is 725. The first-order valence-electron chi connectivity index (χ1n) is 12.8. The van der Waals surface area contributed by atoms with E-state index >= 15 is 0 Å². The van der Waals surface area contributed by atoms with E-state index < -0.39 is 0 Å². The summed E-state index contributed by atoms with van der Waals surface area (Å²) in [6.45, 7) is 4.61. The van der Waals surface area contributed by atoms with Crippen LogP contribution < -0.4 is 0 Å².